The van der Waals surface area contributed by atoms with E-state index >= 15 is 0 Å². The molecule has 1 aromatic heterocycles. The van der Waals surface area contributed by atoms with Gasteiger partial charge in [-0.25, -0.2) is 8.60 Å². The number of hydrogen-bond donors (Lipinski definition) is 2. The molecule has 0 saturated carbocycles. The zero-order valence-corrected chi connectivity index (χ0v) is 14.5. The van der Waals surface area contributed by atoms with E-state index < -0.39 is 0 Å². The van der Waals surface area contributed by atoms with Crippen LogP contribution in [0, 0.1) is 5.82 Å². The Morgan fingerprint density at radius 3 is 2.52 bits per heavy atom. The van der Waals surface area contributed by atoms with Gasteiger partial charge in [-0.2, -0.15) is 0 Å². The molecule has 1 unspecified atom stereocenters. The summed E-state index contributed by atoms with van der Waals surface area (Å²) in [5, 5.41) is 9.74. The Bertz CT molecular complexity index is 895. The molecule has 6 heteroatoms. The van der Waals surface area contributed by atoms with E-state index in [1.807, 2.05) is 43.3 Å². The second-order valence-electron chi connectivity index (χ2n) is 5.36. The van der Waals surface area contributed by atoms with Crippen molar-refractivity contribution in [1.82, 2.24) is 4.98 Å². The Balaban J connectivity index is 0.000000399. The van der Waals surface area contributed by atoms with Crippen LogP contribution in [0.3, 0.4) is 0 Å². The van der Waals surface area contributed by atoms with Crippen LogP contribution in [-0.4, -0.2) is 26.3 Å². The van der Waals surface area contributed by atoms with Gasteiger partial charge in [0.2, 0.25) is 0 Å². The summed E-state index contributed by atoms with van der Waals surface area (Å²) in [6.07, 6.45) is 0. The SMILES string of the molecule is CC(N)c1nc2ccc(F)cc2cc1-c1ccccc1.O=S=CCO. The van der Waals surface area contributed by atoms with Gasteiger partial charge in [0.25, 0.3) is 0 Å². The Labute approximate surface area is 149 Å². The van der Waals surface area contributed by atoms with Crippen LogP contribution < -0.4 is 5.73 Å². The summed E-state index contributed by atoms with van der Waals surface area (Å²) in [6.45, 7) is 1.78. The Hall–Kier alpha value is -2.41. The van der Waals surface area contributed by atoms with Gasteiger partial charge in [0, 0.05) is 22.4 Å². The molecule has 0 aliphatic carbocycles. The molecular weight excluding hydrogens is 339 g/mol. The summed E-state index contributed by atoms with van der Waals surface area (Å²) in [6, 6.07) is 16.3. The second kappa shape index (κ2) is 9.17. The molecule has 4 nitrogen and oxygen atoms in total. The number of nitrogens with zero attached hydrogens (tertiary/aromatic N) is 1. The summed E-state index contributed by atoms with van der Waals surface area (Å²) in [4.78, 5) is 4.60. The smallest absolute Gasteiger partial charge is 0.123 e. The van der Waals surface area contributed by atoms with Crippen molar-refractivity contribution in [1.29, 1.82) is 0 Å². The van der Waals surface area contributed by atoms with Crippen LogP contribution in [0.2, 0.25) is 0 Å². The predicted octanol–water partition coefficient (Wildman–Crippen LogP) is 3.05. The lowest BCUT2D eigenvalue weighted by Crippen LogP contribution is -2.09. The van der Waals surface area contributed by atoms with Crippen molar-refractivity contribution in [3.8, 4) is 11.1 Å². The van der Waals surface area contributed by atoms with Crippen LogP contribution >= 0.6 is 0 Å². The Kier molecular flexibility index (Phi) is 6.94. The molecule has 25 heavy (non-hydrogen) atoms. The molecule has 0 radical (unpaired) electrons. The topological polar surface area (TPSA) is 76.2 Å². The zero-order valence-electron chi connectivity index (χ0n) is 13.7. The van der Waals surface area contributed by atoms with Crippen molar-refractivity contribution >= 4 is 27.5 Å². The van der Waals surface area contributed by atoms with E-state index in [1.54, 1.807) is 6.07 Å². The monoisotopic (exact) mass is 358 g/mol. The maximum Gasteiger partial charge on any atom is 0.123 e. The van der Waals surface area contributed by atoms with Crippen molar-refractivity contribution < 1.29 is 13.7 Å². The number of aromatic nitrogens is 1. The summed E-state index contributed by atoms with van der Waals surface area (Å²) in [5.74, 6) is -0.258. The van der Waals surface area contributed by atoms with Gasteiger partial charge in [-0.3, -0.25) is 4.98 Å². The average molecular weight is 358 g/mol. The highest BCUT2D eigenvalue weighted by atomic mass is 32.1. The first-order valence-corrected chi connectivity index (χ1v) is 8.49. The first-order chi connectivity index (χ1) is 12.1. The van der Waals surface area contributed by atoms with E-state index in [9.17, 15) is 8.60 Å². The van der Waals surface area contributed by atoms with Crippen LogP contribution in [0.4, 0.5) is 4.39 Å². The van der Waals surface area contributed by atoms with Gasteiger partial charge in [0.15, 0.2) is 0 Å². The molecular formula is C19H19FN2O2S. The molecule has 0 aliphatic rings. The Morgan fingerprint density at radius 2 is 1.96 bits per heavy atom. The lowest BCUT2D eigenvalue weighted by Gasteiger charge is -2.13. The van der Waals surface area contributed by atoms with E-state index in [0.29, 0.717) is 0 Å². The zero-order chi connectivity index (χ0) is 18.2. The molecule has 0 spiro atoms. The molecule has 130 valence electrons. The van der Waals surface area contributed by atoms with Crippen LogP contribution in [0.25, 0.3) is 22.0 Å². The number of rotatable bonds is 3. The molecule has 3 N–H and O–H groups in total. The predicted molar refractivity (Wildman–Crippen MR) is 101 cm³/mol. The first kappa shape index (κ1) is 18.9. The highest BCUT2D eigenvalue weighted by molar-refractivity contribution is 7.64. The maximum absolute atomic E-state index is 13.4. The summed E-state index contributed by atoms with van der Waals surface area (Å²) >= 11 is 0.277. The van der Waals surface area contributed by atoms with Crippen molar-refractivity contribution in [2.24, 2.45) is 5.73 Å². The van der Waals surface area contributed by atoms with Gasteiger partial charge in [0.05, 0.1) is 29.1 Å². The van der Waals surface area contributed by atoms with E-state index in [-0.39, 0.29) is 29.7 Å². The maximum atomic E-state index is 13.4. The lowest BCUT2D eigenvalue weighted by molar-refractivity contribution is 0.363. The molecule has 1 atom stereocenters. The second-order valence-corrected chi connectivity index (χ2v) is 5.88. The van der Waals surface area contributed by atoms with Gasteiger partial charge in [-0.1, -0.05) is 30.3 Å². The molecule has 0 amide bonds. The third kappa shape index (κ3) is 5.03. The minimum Gasteiger partial charge on any atom is -0.391 e. The fourth-order valence-electron chi connectivity index (χ4n) is 2.39. The summed E-state index contributed by atoms with van der Waals surface area (Å²) in [7, 11) is 0. The number of nitrogens with two attached hydrogens (primary N) is 1. The molecule has 0 aliphatic heterocycles. The fraction of sp³-hybridized carbons (Fsp3) is 0.158. The van der Waals surface area contributed by atoms with Crippen molar-refractivity contribution in [3.63, 3.8) is 0 Å². The fourth-order valence-corrected chi connectivity index (χ4v) is 2.45. The number of halogens is 1. The van der Waals surface area contributed by atoms with E-state index in [0.717, 1.165) is 27.7 Å². The minimum atomic E-state index is -0.258. The normalized spacial score (nSPS) is 11.4. The number of benzene rings is 2. The molecule has 2 aromatic carbocycles. The molecule has 0 saturated heterocycles. The van der Waals surface area contributed by atoms with Gasteiger partial charge >= 0.3 is 0 Å². The molecule has 0 fully saturated rings. The Morgan fingerprint density at radius 1 is 1.24 bits per heavy atom. The highest BCUT2D eigenvalue weighted by Gasteiger charge is 2.12. The third-order valence-electron chi connectivity index (χ3n) is 3.46. The average Bonchev–Trinajstić information content (AvgIpc) is 2.62. The lowest BCUT2D eigenvalue weighted by atomic mass is 9.98. The van der Waals surface area contributed by atoms with E-state index in [2.05, 4.69) is 4.98 Å². The number of aliphatic hydroxyl groups is 1. The van der Waals surface area contributed by atoms with Gasteiger partial charge in [-0.05, 0) is 36.8 Å². The van der Waals surface area contributed by atoms with Crippen LogP contribution in [0.1, 0.15) is 18.7 Å². The molecule has 3 rings (SSSR count). The van der Waals surface area contributed by atoms with Crippen LogP contribution in [-0.2, 0) is 11.3 Å². The van der Waals surface area contributed by atoms with Gasteiger partial charge in [0.1, 0.15) is 5.82 Å². The summed E-state index contributed by atoms with van der Waals surface area (Å²) in [5.41, 5.74) is 9.62. The molecule has 3 aromatic rings. The van der Waals surface area contributed by atoms with E-state index in [1.165, 1.54) is 17.5 Å². The number of pyridine rings is 1. The minimum absolute atomic E-state index is 0.131. The highest BCUT2D eigenvalue weighted by Crippen LogP contribution is 2.29. The van der Waals surface area contributed by atoms with Crippen LogP contribution in [0.5, 0.6) is 0 Å². The first-order valence-electron chi connectivity index (χ1n) is 7.69. The number of fused-ring (bicyclic) bond motifs is 1. The van der Waals surface area contributed by atoms with Crippen LogP contribution in [0.15, 0.2) is 54.6 Å². The van der Waals surface area contributed by atoms with Crippen molar-refractivity contribution in [2.45, 2.75) is 13.0 Å². The molecule has 1 heterocycles. The summed E-state index contributed by atoms with van der Waals surface area (Å²) < 4.78 is 22.6. The standard InChI is InChI=1S/C17H15FN2.C2H4O2S/c1-11(19)17-15(12-5-3-2-4-6-12)10-13-9-14(18)7-8-16(13)20-17;3-1-2-5-4/h2-11H,19H2,1H3;2-3H,1H2. The van der Waals surface area contributed by atoms with E-state index in [4.69, 9.17) is 10.8 Å². The quantitative estimate of drug-likeness (QED) is 0.706. The number of hydrogen-bond acceptors (Lipinski definition) is 4. The van der Waals surface area contributed by atoms with Crippen molar-refractivity contribution in [3.05, 3.63) is 66.1 Å². The largest absolute Gasteiger partial charge is 0.391 e. The van der Waals surface area contributed by atoms with Gasteiger partial charge in [-0.15, -0.1) is 0 Å². The van der Waals surface area contributed by atoms with Crippen molar-refractivity contribution in [2.75, 3.05) is 6.61 Å². The third-order valence-corrected chi connectivity index (χ3v) is 3.75. The molecule has 0 bridgehead atoms. The van der Waals surface area contributed by atoms with Gasteiger partial charge < -0.3 is 10.8 Å². The number of aliphatic hydroxyl groups excluding tert-OH is 1.